The number of rotatable bonds is 6. The monoisotopic (exact) mass is 490 g/mol. The number of carbonyl (C=O) groups is 2. The molecule has 36 heavy (non-hydrogen) atoms. The van der Waals surface area contributed by atoms with Crippen molar-refractivity contribution >= 4 is 22.8 Å². The van der Waals surface area contributed by atoms with Crippen LogP contribution in [0.3, 0.4) is 0 Å². The van der Waals surface area contributed by atoms with Gasteiger partial charge >= 0.3 is 11.9 Å². The normalized spacial score (nSPS) is 14.2. The Labute approximate surface area is 208 Å². The Balaban J connectivity index is 0.000000455. The zero-order valence-electron chi connectivity index (χ0n) is 20.1. The molecule has 0 aliphatic carbocycles. The number of hydrogen-bond acceptors (Lipinski definition) is 5. The summed E-state index contributed by atoms with van der Waals surface area (Å²) in [6.07, 6.45) is 9.80. The molecule has 0 amide bonds. The lowest BCUT2D eigenvalue weighted by Gasteiger charge is -2.31. The molecular weight excluding hydrogens is 460 g/mol. The molecule has 2 aromatic heterocycles. The van der Waals surface area contributed by atoms with Gasteiger partial charge in [-0.05, 0) is 79.7 Å². The van der Waals surface area contributed by atoms with Crippen LogP contribution in [-0.2, 0) is 16.0 Å². The number of benzene rings is 2. The number of likely N-dealkylation sites (tertiary alicyclic amines) is 1. The molecule has 3 heterocycles. The van der Waals surface area contributed by atoms with Crippen LogP contribution in [0.25, 0.3) is 16.6 Å². The van der Waals surface area contributed by atoms with Gasteiger partial charge in [0.25, 0.3) is 0 Å². The lowest BCUT2D eigenvalue weighted by Crippen LogP contribution is -2.34. The largest absolute Gasteiger partial charge is 0.497 e. The molecule has 0 unspecified atom stereocenters. The first-order chi connectivity index (χ1) is 17.4. The highest BCUT2D eigenvalue weighted by atomic mass is 16.5. The Hall–Kier alpha value is -4.11. The molecule has 4 aromatic rings. The summed E-state index contributed by atoms with van der Waals surface area (Å²) in [4.78, 5) is 24.2. The number of nitrogens with zero attached hydrogens (tertiary/aromatic N) is 3. The van der Waals surface area contributed by atoms with Gasteiger partial charge in [-0.15, -0.1) is 0 Å². The minimum Gasteiger partial charge on any atom is -0.497 e. The summed E-state index contributed by atoms with van der Waals surface area (Å²) in [6, 6.07) is 16.6. The van der Waals surface area contributed by atoms with Gasteiger partial charge in [0.05, 0.1) is 19.0 Å². The first kappa shape index (κ1) is 25.0. The maximum Gasteiger partial charge on any atom is 0.414 e. The van der Waals surface area contributed by atoms with Crippen molar-refractivity contribution in [3.8, 4) is 11.4 Å². The number of aliphatic carboxylic acids is 2. The van der Waals surface area contributed by atoms with Gasteiger partial charge in [-0.2, -0.15) is 5.10 Å². The Morgan fingerprint density at radius 2 is 1.81 bits per heavy atom. The molecule has 1 aliphatic heterocycles. The molecule has 2 aromatic carbocycles. The summed E-state index contributed by atoms with van der Waals surface area (Å²) in [5, 5.41) is 20.6. The van der Waals surface area contributed by atoms with Gasteiger partial charge in [-0.3, -0.25) is 0 Å². The lowest BCUT2D eigenvalue weighted by atomic mass is 9.89. The fourth-order valence-corrected chi connectivity index (χ4v) is 4.55. The van der Waals surface area contributed by atoms with Crippen molar-refractivity contribution in [2.45, 2.75) is 25.2 Å². The van der Waals surface area contributed by atoms with Crippen molar-refractivity contribution in [1.82, 2.24) is 19.7 Å². The molecular formula is C27H30N4O5. The number of carboxylic acid groups (broad SMARTS) is 2. The predicted octanol–water partition coefficient (Wildman–Crippen LogP) is 3.94. The number of aromatic nitrogens is 3. The van der Waals surface area contributed by atoms with E-state index in [-0.39, 0.29) is 0 Å². The lowest BCUT2D eigenvalue weighted by molar-refractivity contribution is -0.159. The standard InChI is InChI=1S/C25H28N4O.C2H2O4/c1-30-22-7-8-25-23(15-22)24(17-26-25)20-10-13-28(14-11-20)12-9-19-16-27-29(18-19)21-5-3-2-4-6-21;3-1(4)2(5)6/h2-8,15-18,20,26H,9-14H2,1H3;(H,3,4)(H,5,6). The average molecular weight is 491 g/mol. The molecule has 1 fully saturated rings. The van der Waals surface area contributed by atoms with Crippen LogP contribution in [0, 0.1) is 0 Å². The number of hydrogen-bond donors (Lipinski definition) is 3. The Morgan fingerprint density at radius 3 is 2.47 bits per heavy atom. The second-order valence-corrected chi connectivity index (χ2v) is 8.76. The highest BCUT2D eigenvalue weighted by Gasteiger charge is 2.23. The summed E-state index contributed by atoms with van der Waals surface area (Å²) < 4.78 is 7.39. The highest BCUT2D eigenvalue weighted by Crippen LogP contribution is 2.34. The highest BCUT2D eigenvalue weighted by molar-refractivity contribution is 6.27. The number of ether oxygens (including phenoxy) is 1. The number of fused-ring (bicyclic) bond motifs is 1. The van der Waals surface area contributed by atoms with Crippen LogP contribution in [0.15, 0.2) is 67.1 Å². The zero-order chi connectivity index (χ0) is 25.5. The van der Waals surface area contributed by atoms with Gasteiger partial charge in [0.1, 0.15) is 5.75 Å². The summed E-state index contributed by atoms with van der Waals surface area (Å²) in [6.45, 7) is 3.39. The van der Waals surface area contributed by atoms with Gasteiger partial charge in [0.2, 0.25) is 0 Å². The van der Waals surface area contributed by atoms with E-state index >= 15 is 0 Å². The van der Waals surface area contributed by atoms with Gasteiger partial charge in [0.15, 0.2) is 0 Å². The first-order valence-corrected chi connectivity index (χ1v) is 11.9. The third-order valence-electron chi connectivity index (χ3n) is 6.50. The molecule has 0 radical (unpaired) electrons. The molecule has 0 atom stereocenters. The molecule has 0 bridgehead atoms. The third-order valence-corrected chi connectivity index (χ3v) is 6.50. The summed E-state index contributed by atoms with van der Waals surface area (Å²) >= 11 is 0. The summed E-state index contributed by atoms with van der Waals surface area (Å²) in [5.41, 5.74) is 5.04. The molecule has 0 saturated carbocycles. The van der Waals surface area contributed by atoms with Crippen LogP contribution in [0.2, 0.25) is 0 Å². The quantitative estimate of drug-likeness (QED) is 0.350. The Morgan fingerprint density at radius 1 is 1.08 bits per heavy atom. The van der Waals surface area contributed by atoms with E-state index in [0.717, 1.165) is 37.5 Å². The first-order valence-electron chi connectivity index (χ1n) is 11.9. The number of aromatic amines is 1. The third kappa shape index (κ3) is 6.11. The number of nitrogens with one attached hydrogen (secondary N) is 1. The predicted molar refractivity (Wildman–Crippen MR) is 136 cm³/mol. The van der Waals surface area contributed by atoms with E-state index in [0.29, 0.717) is 5.92 Å². The molecule has 9 heteroatoms. The molecule has 5 rings (SSSR count). The minimum atomic E-state index is -1.82. The maximum absolute atomic E-state index is 9.10. The number of H-pyrrole nitrogens is 1. The zero-order valence-corrected chi connectivity index (χ0v) is 20.1. The van der Waals surface area contributed by atoms with E-state index in [1.54, 1.807) is 7.11 Å². The van der Waals surface area contributed by atoms with Crippen LogP contribution in [0.1, 0.15) is 29.9 Å². The van der Waals surface area contributed by atoms with Crippen LogP contribution in [-0.4, -0.2) is 68.6 Å². The van der Waals surface area contributed by atoms with Gasteiger partial charge in [-0.1, -0.05) is 18.2 Å². The summed E-state index contributed by atoms with van der Waals surface area (Å²) in [7, 11) is 1.73. The average Bonchev–Trinajstić information content (AvgIpc) is 3.55. The van der Waals surface area contributed by atoms with Crippen molar-refractivity contribution in [1.29, 1.82) is 0 Å². The van der Waals surface area contributed by atoms with E-state index in [9.17, 15) is 0 Å². The number of para-hydroxylation sites is 1. The van der Waals surface area contributed by atoms with E-state index in [1.807, 2.05) is 35.1 Å². The summed E-state index contributed by atoms with van der Waals surface area (Å²) in [5.74, 6) is -2.11. The fraction of sp³-hybridized carbons (Fsp3) is 0.296. The smallest absolute Gasteiger partial charge is 0.414 e. The van der Waals surface area contributed by atoms with E-state index in [2.05, 4.69) is 51.6 Å². The van der Waals surface area contributed by atoms with Crippen molar-refractivity contribution < 1.29 is 24.5 Å². The van der Waals surface area contributed by atoms with E-state index in [1.165, 1.54) is 34.9 Å². The van der Waals surface area contributed by atoms with Gasteiger partial charge in [-0.25, -0.2) is 14.3 Å². The molecule has 0 spiro atoms. The van der Waals surface area contributed by atoms with E-state index < -0.39 is 11.9 Å². The van der Waals surface area contributed by atoms with Crippen molar-refractivity contribution in [3.63, 3.8) is 0 Å². The van der Waals surface area contributed by atoms with Crippen molar-refractivity contribution in [3.05, 3.63) is 78.2 Å². The molecule has 1 aliphatic rings. The van der Waals surface area contributed by atoms with Crippen molar-refractivity contribution in [2.24, 2.45) is 0 Å². The molecule has 1 saturated heterocycles. The van der Waals surface area contributed by atoms with Crippen LogP contribution < -0.4 is 4.74 Å². The van der Waals surface area contributed by atoms with E-state index in [4.69, 9.17) is 24.5 Å². The van der Waals surface area contributed by atoms with Crippen molar-refractivity contribution in [2.75, 3.05) is 26.7 Å². The van der Waals surface area contributed by atoms with Gasteiger partial charge < -0.3 is 24.8 Å². The maximum atomic E-state index is 9.10. The topological polar surface area (TPSA) is 121 Å². The SMILES string of the molecule is COc1ccc2[nH]cc(C3CCN(CCc4cnn(-c5ccccc5)c4)CC3)c2c1.O=C(O)C(=O)O. The van der Waals surface area contributed by atoms with Crippen LogP contribution in [0.4, 0.5) is 0 Å². The Bertz CT molecular complexity index is 1290. The fourth-order valence-electron chi connectivity index (χ4n) is 4.55. The second-order valence-electron chi connectivity index (χ2n) is 8.76. The number of methoxy groups -OCH3 is 1. The molecule has 188 valence electrons. The molecule has 9 nitrogen and oxygen atoms in total. The van der Waals surface area contributed by atoms with Crippen LogP contribution >= 0.6 is 0 Å². The van der Waals surface area contributed by atoms with Gasteiger partial charge in [0, 0.05) is 29.8 Å². The van der Waals surface area contributed by atoms with Crippen LogP contribution in [0.5, 0.6) is 5.75 Å². The minimum absolute atomic E-state index is 0.614. The Kier molecular flexibility index (Phi) is 8.02. The second kappa shape index (κ2) is 11.5. The number of piperidine rings is 1. The molecule has 3 N–H and O–H groups in total. The number of carboxylic acids is 2.